The van der Waals surface area contributed by atoms with E-state index in [-0.39, 0.29) is 0 Å². The van der Waals surface area contributed by atoms with Crippen LogP contribution in [0.15, 0.2) is 35.3 Å². The summed E-state index contributed by atoms with van der Waals surface area (Å²) < 4.78 is 0. The second kappa shape index (κ2) is 5.22. The summed E-state index contributed by atoms with van der Waals surface area (Å²) in [7, 11) is 0. The lowest BCUT2D eigenvalue weighted by Crippen LogP contribution is -2.08. The van der Waals surface area contributed by atoms with Crippen LogP contribution in [0.5, 0.6) is 0 Å². The molecule has 1 heterocycles. The summed E-state index contributed by atoms with van der Waals surface area (Å²) in [4.78, 5) is 4.27. The minimum atomic E-state index is 0.677. The number of nitrogens with zero attached hydrogens (tertiary/aromatic N) is 1. The molecule has 0 bridgehead atoms. The molecule has 0 aliphatic carbocycles. The molecule has 0 radical (unpaired) electrons. The number of aliphatic imine (C=N–C) groups is 1. The maximum atomic E-state index is 5.65. The molecule has 0 unspecified atom stereocenters. The molecule has 1 aliphatic rings. The normalized spacial score (nSPS) is 13.1. The van der Waals surface area contributed by atoms with Crippen molar-refractivity contribution in [2.45, 2.75) is 20.3 Å². The molecule has 0 aromatic heterocycles. The number of amidine groups is 1. The topological polar surface area (TPSA) is 38.4 Å². The van der Waals surface area contributed by atoms with Crippen LogP contribution in [-0.2, 0) is 0 Å². The molecule has 0 spiro atoms. The summed E-state index contributed by atoms with van der Waals surface area (Å²) >= 11 is 0. The third-order valence-electron chi connectivity index (χ3n) is 1.83. The predicted molar refractivity (Wildman–Crippen MR) is 62.7 cm³/mol. The molecular formula is C12H16N2. The van der Waals surface area contributed by atoms with Gasteiger partial charge in [0.05, 0.1) is 5.69 Å². The molecule has 74 valence electrons. The van der Waals surface area contributed by atoms with E-state index in [0.29, 0.717) is 5.84 Å². The highest BCUT2D eigenvalue weighted by Crippen LogP contribution is 2.22. The summed E-state index contributed by atoms with van der Waals surface area (Å²) in [6.07, 6.45) is 4.83. The molecule has 1 aromatic rings. The number of hydrogen-bond acceptors (Lipinski definition) is 2. The quantitative estimate of drug-likeness (QED) is 0.667. The van der Waals surface area contributed by atoms with Crippen LogP contribution in [-0.4, -0.2) is 5.84 Å². The molecule has 0 saturated heterocycles. The van der Waals surface area contributed by atoms with E-state index in [1.54, 1.807) is 0 Å². The zero-order valence-corrected chi connectivity index (χ0v) is 8.70. The van der Waals surface area contributed by atoms with Gasteiger partial charge < -0.3 is 5.73 Å². The van der Waals surface area contributed by atoms with Crippen LogP contribution in [0, 0.1) is 0 Å². The van der Waals surface area contributed by atoms with Gasteiger partial charge >= 0.3 is 0 Å². The Morgan fingerprint density at radius 3 is 2.71 bits per heavy atom. The first-order valence-electron chi connectivity index (χ1n) is 4.95. The monoisotopic (exact) mass is 188 g/mol. The number of para-hydroxylation sites is 1. The van der Waals surface area contributed by atoms with Crippen LogP contribution in [0.4, 0.5) is 5.69 Å². The molecule has 0 fully saturated rings. The minimum absolute atomic E-state index is 0.677. The smallest absolute Gasteiger partial charge is 0.103 e. The maximum absolute atomic E-state index is 5.65. The van der Waals surface area contributed by atoms with Crippen LogP contribution in [0.2, 0.25) is 0 Å². The Kier molecular flexibility index (Phi) is 3.92. The lowest BCUT2D eigenvalue weighted by atomic mass is 10.2. The van der Waals surface area contributed by atoms with E-state index in [0.717, 1.165) is 17.7 Å². The molecule has 2 nitrogen and oxygen atoms in total. The molecule has 0 saturated carbocycles. The second-order valence-corrected chi connectivity index (χ2v) is 2.77. The zero-order valence-electron chi connectivity index (χ0n) is 8.70. The van der Waals surface area contributed by atoms with Crippen molar-refractivity contribution < 1.29 is 0 Å². The Balaban J connectivity index is 0.000000461. The molecule has 2 heteroatoms. The highest BCUT2D eigenvalue weighted by molar-refractivity contribution is 5.88. The molecule has 2 rings (SSSR count). The maximum Gasteiger partial charge on any atom is 0.103 e. The van der Waals surface area contributed by atoms with Gasteiger partial charge in [0.2, 0.25) is 0 Å². The Hall–Kier alpha value is -1.57. The average Bonchev–Trinajstić information content (AvgIpc) is 2.41. The van der Waals surface area contributed by atoms with Crippen molar-refractivity contribution in [2.75, 3.05) is 0 Å². The predicted octanol–water partition coefficient (Wildman–Crippen LogP) is 3.12. The Bertz CT molecular complexity index is 351. The fraction of sp³-hybridized carbons (Fsp3) is 0.250. The van der Waals surface area contributed by atoms with Crippen molar-refractivity contribution in [3.8, 4) is 0 Å². The average molecular weight is 188 g/mol. The fourth-order valence-corrected chi connectivity index (χ4v) is 1.24. The van der Waals surface area contributed by atoms with Crippen molar-refractivity contribution in [1.29, 1.82) is 0 Å². The summed E-state index contributed by atoms with van der Waals surface area (Å²) in [6.45, 7) is 4.00. The number of hydrogen-bond donors (Lipinski definition) is 1. The second-order valence-electron chi connectivity index (χ2n) is 2.77. The fourth-order valence-electron chi connectivity index (χ4n) is 1.24. The molecule has 14 heavy (non-hydrogen) atoms. The van der Waals surface area contributed by atoms with Crippen molar-refractivity contribution in [2.24, 2.45) is 10.7 Å². The molecule has 2 N–H and O–H groups in total. The minimum Gasteiger partial charge on any atom is -0.387 e. The molecular weight excluding hydrogens is 172 g/mol. The van der Waals surface area contributed by atoms with Gasteiger partial charge in [0.1, 0.15) is 5.84 Å². The van der Waals surface area contributed by atoms with E-state index >= 15 is 0 Å². The van der Waals surface area contributed by atoms with Crippen molar-refractivity contribution in [3.05, 3.63) is 35.9 Å². The van der Waals surface area contributed by atoms with Crippen LogP contribution in [0.3, 0.4) is 0 Å². The van der Waals surface area contributed by atoms with E-state index in [9.17, 15) is 0 Å². The van der Waals surface area contributed by atoms with Crippen LogP contribution >= 0.6 is 0 Å². The highest BCUT2D eigenvalue weighted by Gasteiger charge is 2.00. The first kappa shape index (κ1) is 10.5. The van der Waals surface area contributed by atoms with E-state index < -0.39 is 0 Å². The van der Waals surface area contributed by atoms with Gasteiger partial charge in [0.25, 0.3) is 0 Å². The Morgan fingerprint density at radius 2 is 1.93 bits per heavy atom. The van der Waals surface area contributed by atoms with E-state index in [1.165, 1.54) is 0 Å². The number of nitrogens with two attached hydrogens (primary N) is 1. The summed E-state index contributed by atoms with van der Waals surface area (Å²) in [5, 5.41) is 0. The number of fused-ring (bicyclic) bond motifs is 1. The standard InChI is InChI=1S/C10H10N2.C2H6/c11-10-7-3-5-8-4-1-2-6-9(8)12-10;1-2/h1-6H,7H2,(H2,11,12);1-2H3. The van der Waals surface area contributed by atoms with E-state index in [4.69, 9.17) is 5.73 Å². The van der Waals surface area contributed by atoms with Gasteiger partial charge in [0, 0.05) is 6.42 Å². The van der Waals surface area contributed by atoms with Gasteiger partial charge in [-0.25, -0.2) is 4.99 Å². The molecule has 0 amide bonds. The summed E-state index contributed by atoms with van der Waals surface area (Å²) in [5.74, 6) is 0.677. The van der Waals surface area contributed by atoms with Crippen LogP contribution < -0.4 is 5.73 Å². The van der Waals surface area contributed by atoms with Gasteiger partial charge in [-0.05, 0) is 11.6 Å². The van der Waals surface area contributed by atoms with Crippen molar-refractivity contribution in [1.82, 2.24) is 0 Å². The molecule has 1 aliphatic heterocycles. The van der Waals surface area contributed by atoms with Gasteiger partial charge in [-0.3, -0.25) is 0 Å². The SMILES string of the molecule is CC.NC1=Nc2ccccc2C=CC1. The highest BCUT2D eigenvalue weighted by atomic mass is 14.9. The van der Waals surface area contributed by atoms with Crippen LogP contribution in [0.1, 0.15) is 25.8 Å². The number of benzene rings is 1. The summed E-state index contributed by atoms with van der Waals surface area (Å²) in [5.41, 5.74) is 7.75. The van der Waals surface area contributed by atoms with Gasteiger partial charge in [-0.2, -0.15) is 0 Å². The third-order valence-corrected chi connectivity index (χ3v) is 1.83. The summed E-state index contributed by atoms with van der Waals surface area (Å²) in [6, 6.07) is 7.97. The van der Waals surface area contributed by atoms with Crippen molar-refractivity contribution in [3.63, 3.8) is 0 Å². The molecule has 1 aromatic carbocycles. The van der Waals surface area contributed by atoms with Gasteiger partial charge in [-0.1, -0.05) is 44.2 Å². The first-order valence-corrected chi connectivity index (χ1v) is 4.95. The van der Waals surface area contributed by atoms with E-state index in [2.05, 4.69) is 11.1 Å². The largest absolute Gasteiger partial charge is 0.387 e. The molecule has 0 atom stereocenters. The number of rotatable bonds is 0. The van der Waals surface area contributed by atoms with Crippen LogP contribution in [0.25, 0.3) is 6.08 Å². The van der Waals surface area contributed by atoms with Gasteiger partial charge in [0.15, 0.2) is 0 Å². The Morgan fingerprint density at radius 1 is 1.21 bits per heavy atom. The lowest BCUT2D eigenvalue weighted by molar-refractivity contribution is 1.38. The van der Waals surface area contributed by atoms with Gasteiger partial charge in [-0.15, -0.1) is 0 Å². The zero-order chi connectivity index (χ0) is 10.4. The Labute approximate surface area is 85.2 Å². The van der Waals surface area contributed by atoms with Crippen molar-refractivity contribution >= 4 is 17.6 Å². The third kappa shape index (κ3) is 2.46. The van der Waals surface area contributed by atoms with E-state index in [1.807, 2.05) is 44.2 Å². The lowest BCUT2D eigenvalue weighted by Gasteiger charge is -1.97. The first-order chi connectivity index (χ1) is 6.86.